The van der Waals surface area contributed by atoms with Gasteiger partial charge in [-0.1, -0.05) is 11.6 Å². The van der Waals surface area contributed by atoms with Crippen molar-refractivity contribution in [2.45, 2.75) is 51.7 Å². The third-order valence-corrected chi connectivity index (χ3v) is 5.40. The van der Waals surface area contributed by atoms with Crippen LogP contribution in [-0.2, 0) is 17.6 Å². The Hall–Kier alpha value is -1.27. The van der Waals surface area contributed by atoms with E-state index < -0.39 is 11.6 Å². The van der Waals surface area contributed by atoms with Gasteiger partial charge in [0.1, 0.15) is 10.5 Å². The molecule has 1 amide bonds. The Morgan fingerprint density at radius 3 is 2.59 bits per heavy atom. The average molecular weight is 346 g/mol. The van der Waals surface area contributed by atoms with Gasteiger partial charge in [-0.2, -0.15) is 0 Å². The summed E-state index contributed by atoms with van der Waals surface area (Å²) in [4.78, 5) is 26.1. The maximum atomic E-state index is 12.1. The number of aromatic carboxylic acids is 1. The molecule has 7 heteroatoms. The molecule has 22 heavy (non-hydrogen) atoms. The Kier molecular flexibility index (Phi) is 4.73. The first-order valence-electron chi connectivity index (χ1n) is 7.09. The van der Waals surface area contributed by atoms with Gasteiger partial charge in [0.05, 0.1) is 5.02 Å². The van der Waals surface area contributed by atoms with Crippen LogP contribution in [0, 0.1) is 0 Å². The highest BCUT2D eigenvalue weighted by atomic mass is 35.5. The molecule has 0 saturated carbocycles. The molecular weight excluding hydrogens is 326 g/mol. The Labute approximate surface area is 138 Å². The van der Waals surface area contributed by atoms with Crippen molar-refractivity contribution >= 4 is 35.0 Å². The molecule has 1 aliphatic carbocycles. The van der Waals surface area contributed by atoms with Crippen molar-refractivity contribution in [1.29, 1.82) is 0 Å². The molecule has 1 aromatic rings. The number of aryl methyl sites for hydroxylation is 1. The number of likely N-dealkylation sites (N-methyl/N-ethyl adjacent to an activating group) is 1. The van der Waals surface area contributed by atoms with E-state index in [4.69, 9.17) is 21.4 Å². The molecule has 0 fully saturated rings. The standard InChI is InChI=1S/C15H20ClNO4S/c1-15(2,3)21-14(20)17(4)8-5-6-10-9(7-8)11(16)12(22-10)13(18)19/h8H,5-7H2,1-4H3,(H,18,19). The highest BCUT2D eigenvalue weighted by Gasteiger charge is 2.32. The number of rotatable bonds is 2. The van der Waals surface area contributed by atoms with Crippen LogP contribution in [0.3, 0.4) is 0 Å². The van der Waals surface area contributed by atoms with Gasteiger partial charge >= 0.3 is 12.1 Å². The lowest BCUT2D eigenvalue weighted by atomic mass is 9.93. The van der Waals surface area contributed by atoms with E-state index >= 15 is 0 Å². The molecule has 0 bridgehead atoms. The van der Waals surface area contributed by atoms with Gasteiger partial charge in [-0.25, -0.2) is 9.59 Å². The molecule has 0 aliphatic heterocycles. The van der Waals surface area contributed by atoms with Crippen LogP contribution < -0.4 is 0 Å². The molecule has 1 atom stereocenters. The number of hydrogen-bond donors (Lipinski definition) is 1. The van der Waals surface area contributed by atoms with E-state index in [0.717, 1.165) is 23.3 Å². The van der Waals surface area contributed by atoms with Gasteiger partial charge in [0.15, 0.2) is 0 Å². The van der Waals surface area contributed by atoms with Crippen molar-refractivity contribution in [3.8, 4) is 0 Å². The minimum Gasteiger partial charge on any atom is -0.477 e. The van der Waals surface area contributed by atoms with Crippen LogP contribution in [0.15, 0.2) is 0 Å². The molecule has 1 aliphatic rings. The third-order valence-electron chi connectivity index (χ3n) is 3.59. The van der Waals surface area contributed by atoms with Gasteiger partial charge in [0.2, 0.25) is 0 Å². The van der Waals surface area contributed by atoms with Crippen LogP contribution in [-0.4, -0.2) is 40.8 Å². The second-order valence-corrected chi connectivity index (χ2v) is 7.92. The van der Waals surface area contributed by atoms with Crippen LogP contribution in [0.1, 0.15) is 47.3 Å². The van der Waals surface area contributed by atoms with Crippen LogP contribution >= 0.6 is 22.9 Å². The normalized spacial score (nSPS) is 17.8. The summed E-state index contributed by atoms with van der Waals surface area (Å²) < 4.78 is 5.38. The maximum absolute atomic E-state index is 12.1. The monoisotopic (exact) mass is 345 g/mol. The number of carbonyl (C=O) groups excluding carboxylic acids is 1. The van der Waals surface area contributed by atoms with E-state index in [1.54, 1.807) is 11.9 Å². The van der Waals surface area contributed by atoms with E-state index in [2.05, 4.69) is 0 Å². The van der Waals surface area contributed by atoms with Crippen molar-refractivity contribution in [3.05, 3.63) is 20.3 Å². The third kappa shape index (κ3) is 3.55. The van der Waals surface area contributed by atoms with Crippen LogP contribution in [0.2, 0.25) is 5.02 Å². The summed E-state index contributed by atoms with van der Waals surface area (Å²) in [5, 5.41) is 9.46. The number of amides is 1. The number of ether oxygens (including phenoxy) is 1. The topological polar surface area (TPSA) is 66.8 Å². The minimum atomic E-state index is -0.999. The Morgan fingerprint density at radius 1 is 1.41 bits per heavy atom. The number of carbonyl (C=O) groups is 2. The molecule has 5 nitrogen and oxygen atoms in total. The first-order chi connectivity index (χ1) is 10.1. The van der Waals surface area contributed by atoms with E-state index in [1.807, 2.05) is 20.8 Å². The summed E-state index contributed by atoms with van der Waals surface area (Å²) in [6.07, 6.45) is 1.70. The summed E-state index contributed by atoms with van der Waals surface area (Å²) in [5.41, 5.74) is 0.317. The minimum absolute atomic E-state index is 0.0314. The van der Waals surface area contributed by atoms with Crippen molar-refractivity contribution in [2.24, 2.45) is 0 Å². The second-order valence-electron chi connectivity index (χ2n) is 6.44. The molecule has 2 rings (SSSR count). The first-order valence-corrected chi connectivity index (χ1v) is 8.28. The van der Waals surface area contributed by atoms with Crippen molar-refractivity contribution < 1.29 is 19.4 Å². The van der Waals surface area contributed by atoms with Crippen LogP contribution in [0.25, 0.3) is 0 Å². The first kappa shape index (κ1) is 17.1. The predicted octanol–water partition coefficient (Wildman–Crippen LogP) is 3.82. The zero-order valence-corrected chi connectivity index (χ0v) is 14.7. The molecule has 0 spiro atoms. The molecule has 0 saturated heterocycles. The van der Waals surface area contributed by atoms with Crippen molar-refractivity contribution in [3.63, 3.8) is 0 Å². The quantitative estimate of drug-likeness (QED) is 0.884. The number of thiophene rings is 1. The van der Waals surface area contributed by atoms with Gasteiger partial charge in [0, 0.05) is 18.0 Å². The van der Waals surface area contributed by atoms with E-state index in [1.165, 1.54) is 11.3 Å². The van der Waals surface area contributed by atoms with Crippen LogP contribution in [0.4, 0.5) is 4.79 Å². The summed E-state index contributed by atoms with van der Waals surface area (Å²) in [7, 11) is 1.71. The van der Waals surface area contributed by atoms with Gasteiger partial charge in [0.25, 0.3) is 0 Å². The Bertz CT molecular complexity index is 605. The van der Waals surface area contributed by atoms with Gasteiger partial charge in [-0.15, -0.1) is 11.3 Å². The fourth-order valence-corrected chi connectivity index (χ4v) is 4.00. The summed E-state index contributed by atoms with van der Waals surface area (Å²) in [6, 6.07) is -0.0314. The van der Waals surface area contributed by atoms with Crippen LogP contribution in [0.5, 0.6) is 0 Å². The highest BCUT2D eigenvalue weighted by Crippen LogP contribution is 2.38. The molecule has 0 aromatic carbocycles. The molecule has 1 heterocycles. The Balaban J connectivity index is 2.15. The maximum Gasteiger partial charge on any atom is 0.410 e. The number of hydrogen-bond acceptors (Lipinski definition) is 4. The van der Waals surface area contributed by atoms with Crippen molar-refractivity contribution in [1.82, 2.24) is 4.90 Å². The lowest BCUT2D eigenvalue weighted by molar-refractivity contribution is 0.0210. The summed E-state index contributed by atoms with van der Waals surface area (Å²) in [5.74, 6) is -0.999. The summed E-state index contributed by atoms with van der Waals surface area (Å²) in [6.45, 7) is 5.48. The molecule has 1 aromatic heterocycles. The molecule has 0 radical (unpaired) electrons. The van der Waals surface area contributed by atoms with E-state index in [-0.39, 0.29) is 17.0 Å². The largest absolute Gasteiger partial charge is 0.477 e. The Morgan fingerprint density at radius 2 is 2.05 bits per heavy atom. The smallest absolute Gasteiger partial charge is 0.410 e. The molecular formula is C15H20ClNO4S. The van der Waals surface area contributed by atoms with Gasteiger partial charge in [-0.05, 0) is 45.6 Å². The number of carboxylic acid groups (broad SMARTS) is 1. The lowest BCUT2D eigenvalue weighted by Gasteiger charge is -2.33. The predicted molar refractivity (Wildman–Crippen MR) is 86.1 cm³/mol. The van der Waals surface area contributed by atoms with Gasteiger partial charge < -0.3 is 14.7 Å². The van der Waals surface area contributed by atoms with Gasteiger partial charge in [-0.3, -0.25) is 0 Å². The number of carboxylic acids is 1. The second kappa shape index (κ2) is 6.08. The summed E-state index contributed by atoms with van der Waals surface area (Å²) >= 11 is 7.42. The molecule has 1 N–H and O–H groups in total. The SMILES string of the molecule is CN(C(=O)OC(C)(C)C)C1CCc2sc(C(=O)O)c(Cl)c2C1. The number of halogens is 1. The lowest BCUT2D eigenvalue weighted by Crippen LogP contribution is -2.43. The van der Waals surface area contributed by atoms with E-state index in [0.29, 0.717) is 11.4 Å². The number of fused-ring (bicyclic) bond motifs is 1. The van der Waals surface area contributed by atoms with Crippen molar-refractivity contribution in [2.75, 3.05) is 7.05 Å². The van der Waals surface area contributed by atoms with E-state index in [9.17, 15) is 9.59 Å². The molecule has 1 unspecified atom stereocenters. The fourth-order valence-electron chi connectivity index (χ4n) is 2.48. The zero-order chi connectivity index (χ0) is 16.7. The fraction of sp³-hybridized carbons (Fsp3) is 0.600. The average Bonchev–Trinajstić information content (AvgIpc) is 2.73. The number of nitrogens with zero attached hydrogens (tertiary/aromatic N) is 1. The molecule has 122 valence electrons. The highest BCUT2D eigenvalue weighted by molar-refractivity contribution is 7.14. The zero-order valence-electron chi connectivity index (χ0n) is 13.1.